The monoisotopic (exact) mass is 253 g/mol. The van der Waals surface area contributed by atoms with Gasteiger partial charge in [-0.2, -0.15) is 0 Å². The van der Waals surface area contributed by atoms with Crippen LogP contribution in [0.2, 0.25) is 0 Å². The highest BCUT2D eigenvalue weighted by Gasteiger charge is 2.34. The van der Waals surface area contributed by atoms with Crippen molar-refractivity contribution in [2.45, 2.75) is 12.0 Å². The summed E-state index contributed by atoms with van der Waals surface area (Å²) >= 11 is 0. The molecule has 18 heavy (non-hydrogen) atoms. The Morgan fingerprint density at radius 3 is 3.11 bits per heavy atom. The molecular formula is C11H15N3O4. The highest BCUT2D eigenvalue weighted by atomic mass is 16.5. The number of ether oxygens (including phenoxy) is 2. The average molecular weight is 253 g/mol. The highest BCUT2D eigenvalue weighted by Crippen LogP contribution is 2.22. The highest BCUT2D eigenvalue weighted by molar-refractivity contribution is 5.85. The molecule has 0 bridgehead atoms. The Labute approximate surface area is 104 Å². The average Bonchev–Trinajstić information content (AvgIpc) is 2.86. The first-order chi connectivity index (χ1) is 8.65. The number of hydrogen-bond donors (Lipinski definition) is 2. The van der Waals surface area contributed by atoms with Crippen LogP contribution >= 0.6 is 0 Å². The van der Waals surface area contributed by atoms with Gasteiger partial charge in [-0.05, 0) is 0 Å². The molecule has 7 heteroatoms. The van der Waals surface area contributed by atoms with Gasteiger partial charge in [0, 0.05) is 26.7 Å². The molecule has 7 nitrogen and oxygen atoms in total. The van der Waals surface area contributed by atoms with E-state index in [2.05, 4.69) is 15.3 Å². The molecule has 98 valence electrons. The lowest BCUT2D eigenvalue weighted by atomic mass is 10.0. The second-order valence-electron chi connectivity index (χ2n) is 4.14. The van der Waals surface area contributed by atoms with Crippen LogP contribution in [0.3, 0.4) is 0 Å². The Balaban J connectivity index is 2.01. The van der Waals surface area contributed by atoms with E-state index in [1.807, 2.05) is 0 Å². The van der Waals surface area contributed by atoms with Crippen LogP contribution in [0.1, 0.15) is 16.9 Å². The standard InChI is InChI=1S/C11H15N3O4/c1-17-11(2-3-18-7-11)6-13-9-5-12-4-8(14-9)10(15)16/h4-5H,2-3,6-7H2,1H3,(H,13,14)(H,15,16). The topological polar surface area (TPSA) is 93.6 Å². The van der Waals surface area contributed by atoms with Crippen molar-refractivity contribution in [2.24, 2.45) is 0 Å². The minimum absolute atomic E-state index is 0.0888. The van der Waals surface area contributed by atoms with Gasteiger partial charge in [-0.3, -0.25) is 4.98 Å². The number of rotatable bonds is 5. The molecule has 1 unspecified atom stereocenters. The van der Waals surface area contributed by atoms with E-state index in [0.29, 0.717) is 25.6 Å². The van der Waals surface area contributed by atoms with E-state index in [9.17, 15) is 4.79 Å². The Kier molecular flexibility index (Phi) is 3.73. The van der Waals surface area contributed by atoms with Crippen molar-refractivity contribution in [1.29, 1.82) is 0 Å². The van der Waals surface area contributed by atoms with E-state index in [-0.39, 0.29) is 11.3 Å². The number of anilines is 1. The summed E-state index contributed by atoms with van der Waals surface area (Å²) in [6, 6.07) is 0. The summed E-state index contributed by atoms with van der Waals surface area (Å²) in [7, 11) is 1.63. The van der Waals surface area contributed by atoms with Gasteiger partial charge in [0.05, 0.1) is 19.0 Å². The van der Waals surface area contributed by atoms with Crippen LogP contribution < -0.4 is 5.32 Å². The van der Waals surface area contributed by atoms with E-state index in [0.717, 1.165) is 6.42 Å². The molecule has 0 aliphatic carbocycles. The maximum Gasteiger partial charge on any atom is 0.356 e. The minimum atomic E-state index is -1.10. The molecule has 0 radical (unpaired) electrons. The van der Waals surface area contributed by atoms with E-state index in [1.165, 1.54) is 12.4 Å². The van der Waals surface area contributed by atoms with Crippen molar-refractivity contribution in [3.63, 3.8) is 0 Å². The van der Waals surface area contributed by atoms with Gasteiger partial charge in [0.2, 0.25) is 0 Å². The van der Waals surface area contributed by atoms with Gasteiger partial charge in [0.25, 0.3) is 0 Å². The molecule has 2 N–H and O–H groups in total. The third-order valence-electron chi connectivity index (χ3n) is 2.95. The molecule has 0 amide bonds. The lowest BCUT2D eigenvalue weighted by Gasteiger charge is -2.26. The van der Waals surface area contributed by atoms with Crippen molar-refractivity contribution in [3.8, 4) is 0 Å². The molecule has 1 aromatic heterocycles. The van der Waals surface area contributed by atoms with E-state index in [4.69, 9.17) is 14.6 Å². The summed E-state index contributed by atoms with van der Waals surface area (Å²) in [5.74, 6) is -0.685. The second kappa shape index (κ2) is 5.28. The number of nitrogens with zero attached hydrogens (tertiary/aromatic N) is 2. The van der Waals surface area contributed by atoms with Crippen LogP contribution in [-0.2, 0) is 9.47 Å². The first kappa shape index (κ1) is 12.7. The normalized spacial score (nSPS) is 22.9. The third-order valence-corrected chi connectivity index (χ3v) is 2.95. The zero-order chi connectivity index (χ0) is 13.0. The fourth-order valence-corrected chi connectivity index (χ4v) is 1.77. The second-order valence-corrected chi connectivity index (χ2v) is 4.14. The van der Waals surface area contributed by atoms with Crippen molar-refractivity contribution in [2.75, 3.05) is 32.2 Å². The van der Waals surface area contributed by atoms with Crippen LogP contribution in [0.4, 0.5) is 5.82 Å². The van der Waals surface area contributed by atoms with Crippen molar-refractivity contribution >= 4 is 11.8 Å². The number of aromatic nitrogens is 2. The minimum Gasteiger partial charge on any atom is -0.476 e. The molecule has 1 aliphatic rings. The van der Waals surface area contributed by atoms with Gasteiger partial charge in [0.1, 0.15) is 11.4 Å². The molecule has 1 saturated heterocycles. The van der Waals surface area contributed by atoms with Crippen molar-refractivity contribution in [1.82, 2.24) is 9.97 Å². The molecule has 2 heterocycles. The number of carboxylic acids is 1. The number of nitrogens with one attached hydrogen (secondary N) is 1. The van der Waals surface area contributed by atoms with Crippen LogP contribution in [0.25, 0.3) is 0 Å². The Morgan fingerprint density at radius 1 is 1.67 bits per heavy atom. The summed E-state index contributed by atoms with van der Waals surface area (Å²) in [6.45, 7) is 1.68. The van der Waals surface area contributed by atoms with Crippen LogP contribution in [0.5, 0.6) is 0 Å². The van der Waals surface area contributed by atoms with Gasteiger partial charge >= 0.3 is 5.97 Å². The maximum absolute atomic E-state index is 10.8. The van der Waals surface area contributed by atoms with Crippen molar-refractivity contribution in [3.05, 3.63) is 18.1 Å². The maximum atomic E-state index is 10.8. The van der Waals surface area contributed by atoms with Crippen LogP contribution in [-0.4, -0.2) is 53.5 Å². The molecule has 0 saturated carbocycles. The molecule has 0 aromatic carbocycles. The number of methoxy groups -OCH3 is 1. The number of aromatic carboxylic acids is 1. The zero-order valence-corrected chi connectivity index (χ0v) is 10.0. The van der Waals surface area contributed by atoms with E-state index >= 15 is 0 Å². The van der Waals surface area contributed by atoms with Gasteiger partial charge in [-0.25, -0.2) is 9.78 Å². The van der Waals surface area contributed by atoms with Gasteiger partial charge in [-0.15, -0.1) is 0 Å². The predicted octanol–water partition coefficient (Wildman–Crippen LogP) is 0.392. The molecule has 1 aromatic rings. The van der Waals surface area contributed by atoms with E-state index < -0.39 is 5.97 Å². The fourth-order valence-electron chi connectivity index (χ4n) is 1.77. The van der Waals surface area contributed by atoms with Crippen LogP contribution in [0.15, 0.2) is 12.4 Å². The zero-order valence-electron chi connectivity index (χ0n) is 10.0. The smallest absolute Gasteiger partial charge is 0.356 e. The molecule has 1 aliphatic heterocycles. The lowest BCUT2D eigenvalue weighted by Crippen LogP contribution is -2.39. The summed E-state index contributed by atoms with van der Waals surface area (Å²) in [6.07, 6.45) is 3.48. The van der Waals surface area contributed by atoms with Crippen molar-refractivity contribution < 1.29 is 19.4 Å². The van der Waals surface area contributed by atoms with Gasteiger partial charge in [-0.1, -0.05) is 0 Å². The van der Waals surface area contributed by atoms with Gasteiger partial charge < -0.3 is 19.9 Å². The molecule has 1 atom stereocenters. The van der Waals surface area contributed by atoms with Crippen LogP contribution in [0, 0.1) is 0 Å². The van der Waals surface area contributed by atoms with Gasteiger partial charge in [0.15, 0.2) is 5.69 Å². The summed E-state index contributed by atoms with van der Waals surface area (Å²) in [5, 5.41) is 11.8. The predicted molar refractivity (Wildman–Crippen MR) is 62.7 cm³/mol. The molecular weight excluding hydrogens is 238 g/mol. The summed E-state index contributed by atoms with van der Waals surface area (Å²) < 4.78 is 10.8. The summed E-state index contributed by atoms with van der Waals surface area (Å²) in [5.41, 5.74) is -0.463. The van der Waals surface area contributed by atoms with E-state index in [1.54, 1.807) is 7.11 Å². The number of hydrogen-bond acceptors (Lipinski definition) is 6. The lowest BCUT2D eigenvalue weighted by molar-refractivity contribution is -0.00625. The third kappa shape index (κ3) is 2.74. The largest absolute Gasteiger partial charge is 0.476 e. The summed E-state index contributed by atoms with van der Waals surface area (Å²) in [4.78, 5) is 18.5. The Morgan fingerprint density at radius 2 is 2.50 bits per heavy atom. The fraction of sp³-hybridized carbons (Fsp3) is 0.545. The molecule has 1 fully saturated rings. The first-order valence-electron chi connectivity index (χ1n) is 5.57. The number of carbonyl (C=O) groups is 1. The Hall–Kier alpha value is -1.73. The number of carboxylic acid groups (broad SMARTS) is 1. The molecule has 0 spiro atoms. The quantitative estimate of drug-likeness (QED) is 0.784. The SMILES string of the molecule is COC1(CNc2cncc(C(=O)O)n2)CCOC1. The molecule has 2 rings (SSSR count). The Bertz CT molecular complexity index is 432. The first-order valence-corrected chi connectivity index (χ1v) is 5.57.